The van der Waals surface area contributed by atoms with Crippen molar-refractivity contribution in [2.24, 2.45) is 0 Å². The predicted octanol–water partition coefficient (Wildman–Crippen LogP) is 2.16. The second-order valence-corrected chi connectivity index (χ2v) is 5.71. The van der Waals surface area contributed by atoms with Gasteiger partial charge >= 0.3 is 0 Å². The highest BCUT2D eigenvalue weighted by Gasteiger charge is 2.30. The normalized spacial score (nSPS) is 19.6. The van der Waals surface area contributed by atoms with E-state index in [0.717, 1.165) is 11.1 Å². The Labute approximate surface area is 107 Å². The van der Waals surface area contributed by atoms with Crippen molar-refractivity contribution in [2.75, 3.05) is 6.61 Å². The molecule has 0 saturated carbocycles. The fourth-order valence-corrected chi connectivity index (χ4v) is 3.31. The Morgan fingerprint density at radius 3 is 3.00 bits per heavy atom. The predicted molar refractivity (Wildman–Crippen MR) is 70.3 cm³/mol. The van der Waals surface area contributed by atoms with Crippen LogP contribution in [0.5, 0.6) is 0 Å². The summed E-state index contributed by atoms with van der Waals surface area (Å²) in [4.78, 5) is 4.02. The summed E-state index contributed by atoms with van der Waals surface area (Å²) in [5, 5.41) is -0.647. The van der Waals surface area contributed by atoms with Gasteiger partial charge in [0.1, 0.15) is 5.25 Å². The minimum Gasteiger partial charge on any atom is -0.270 e. The summed E-state index contributed by atoms with van der Waals surface area (Å²) in [6, 6.07) is 3.64. The third-order valence-corrected chi connectivity index (χ3v) is 4.44. The summed E-state index contributed by atoms with van der Waals surface area (Å²) in [5.74, 6) is 0. The molecule has 1 aromatic heterocycles. The highest BCUT2D eigenvalue weighted by Crippen LogP contribution is 2.29. The Bertz CT molecular complexity index is 561. The van der Waals surface area contributed by atoms with Crippen LogP contribution in [0.1, 0.15) is 18.9 Å². The van der Waals surface area contributed by atoms with Crippen molar-refractivity contribution < 1.29 is 12.6 Å². The van der Waals surface area contributed by atoms with E-state index in [1.807, 2.05) is 24.3 Å². The molecule has 0 saturated heterocycles. The molecule has 1 aromatic rings. The zero-order valence-electron chi connectivity index (χ0n) is 10.1. The van der Waals surface area contributed by atoms with Gasteiger partial charge in [-0.2, -0.15) is 8.42 Å². The molecule has 0 aliphatic heterocycles. The van der Waals surface area contributed by atoms with Crippen LogP contribution in [0.25, 0.3) is 5.57 Å². The van der Waals surface area contributed by atoms with Crippen molar-refractivity contribution in [3.05, 3.63) is 48.3 Å². The quantitative estimate of drug-likeness (QED) is 0.783. The summed E-state index contributed by atoms with van der Waals surface area (Å²) in [6.07, 6.45) is 9.26. The molecule has 2 rings (SSSR count). The Morgan fingerprint density at radius 1 is 1.50 bits per heavy atom. The van der Waals surface area contributed by atoms with E-state index in [1.165, 1.54) is 0 Å². The molecule has 96 valence electrons. The first-order chi connectivity index (χ1) is 8.65. The third kappa shape index (κ3) is 2.68. The Hall–Kier alpha value is -1.46. The average molecular weight is 265 g/mol. The largest absolute Gasteiger partial charge is 0.274 e. The second kappa shape index (κ2) is 5.46. The van der Waals surface area contributed by atoms with Crippen molar-refractivity contribution in [3.8, 4) is 0 Å². The third-order valence-electron chi connectivity index (χ3n) is 2.73. The zero-order chi connectivity index (χ0) is 13.0. The number of pyridine rings is 1. The van der Waals surface area contributed by atoms with E-state index < -0.39 is 15.4 Å². The van der Waals surface area contributed by atoms with E-state index in [-0.39, 0.29) is 6.61 Å². The number of allylic oxidation sites excluding steroid dienone is 3. The molecule has 18 heavy (non-hydrogen) atoms. The maximum Gasteiger partial charge on any atom is 0.274 e. The number of aromatic nitrogens is 1. The summed E-state index contributed by atoms with van der Waals surface area (Å²) >= 11 is 0. The van der Waals surface area contributed by atoms with Gasteiger partial charge in [0.25, 0.3) is 10.1 Å². The van der Waals surface area contributed by atoms with E-state index in [0.29, 0.717) is 6.42 Å². The molecular weight excluding hydrogens is 250 g/mol. The van der Waals surface area contributed by atoms with Gasteiger partial charge in [0, 0.05) is 12.4 Å². The molecule has 1 aliphatic carbocycles. The van der Waals surface area contributed by atoms with Crippen LogP contribution < -0.4 is 0 Å². The van der Waals surface area contributed by atoms with Crippen LogP contribution in [0.2, 0.25) is 0 Å². The highest BCUT2D eigenvalue weighted by atomic mass is 32.2. The van der Waals surface area contributed by atoms with Crippen LogP contribution >= 0.6 is 0 Å². The van der Waals surface area contributed by atoms with E-state index >= 15 is 0 Å². The van der Waals surface area contributed by atoms with Gasteiger partial charge in [0.15, 0.2) is 0 Å². The van der Waals surface area contributed by atoms with Crippen LogP contribution in [-0.4, -0.2) is 25.3 Å². The SMILES string of the molecule is CCOS(=O)(=O)C1CC=CC=C1c1cccnc1. The van der Waals surface area contributed by atoms with Crippen molar-refractivity contribution in [2.45, 2.75) is 18.6 Å². The first-order valence-corrected chi connectivity index (χ1v) is 7.27. The minimum absolute atomic E-state index is 0.156. The molecule has 1 unspecified atom stereocenters. The molecule has 4 nitrogen and oxygen atoms in total. The maximum absolute atomic E-state index is 12.1. The lowest BCUT2D eigenvalue weighted by molar-refractivity contribution is 0.334. The molecule has 1 heterocycles. The minimum atomic E-state index is -3.58. The summed E-state index contributed by atoms with van der Waals surface area (Å²) in [5.41, 5.74) is 1.55. The maximum atomic E-state index is 12.1. The number of hydrogen-bond donors (Lipinski definition) is 0. The van der Waals surface area contributed by atoms with Crippen molar-refractivity contribution in [3.63, 3.8) is 0 Å². The molecule has 0 radical (unpaired) electrons. The van der Waals surface area contributed by atoms with Gasteiger partial charge in [-0.1, -0.05) is 24.3 Å². The Kier molecular flexibility index (Phi) is 3.93. The van der Waals surface area contributed by atoms with E-state index in [1.54, 1.807) is 25.4 Å². The van der Waals surface area contributed by atoms with Crippen LogP contribution in [0, 0.1) is 0 Å². The zero-order valence-corrected chi connectivity index (χ0v) is 10.9. The van der Waals surface area contributed by atoms with Gasteiger partial charge in [0.05, 0.1) is 6.61 Å². The molecule has 5 heteroatoms. The van der Waals surface area contributed by atoms with Gasteiger partial charge in [0.2, 0.25) is 0 Å². The summed E-state index contributed by atoms with van der Waals surface area (Å²) in [7, 11) is -3.58. The number of nitrogens with zero attached hydrogens (tertiary/aromatic N) is 1. The molecular formula is C13H15NO3S. The van der Waals surface area contributed by atoms with E-state index in [9.17, 15) is 8.42 Å². The van der Waals surface area contributed by atoms with Crippen LogP contribution in [-0.2, 0) is 14.3 Å². The van der Waals surface area contributed by atoms with Gasteiger partial charge in [-0.15, -0.1) is 0 Å². The second-order valence-electron chi connectivity index (χ2n) is 3.92. The van der Waals surface area contributed by atoms with Gasteiger partial charge < -0.3 is 0 Å². The number of rotatable bonds is 4. The highest BCUT2D eigenvalue weighted by molar-refractivity contribution is 7.87. The first-order valence-electron chi connectivity index (χ1n) is 5.80. The molecule has 0 aromatic carbocycles. The van der Waals surface area contributed by atoms with Gasteiger partial charge in [-0.05, 0) is 30.5 Å². The Balaban J connectivity index is 2.38. The van der Waals surface area contributed by atoms with Crippen molar-refractivity contribution in [1.29, 1.82) is 0 Å². The first kappa shape index (κ1) is 13.0. The van der Waals surface area contributed by atoms with Crippen LogP contribution in [0.4, 0.5) is 0 Å². The van der Waals surface area contributed by atoms with Crippen molar-refractivity contribution in [1.82, 2.24) is 4.98 Å². The molecule has 1 aliphatic rings. The lowest BCUT2D eigenvalue weighted by atomic mass is 9.98. The Morgan fingerprint density at radius 2 is 2.33 bits per heavy atom. The molecule has 0 fully saturated rings. The van der Waals surface area contributed by atoms with Gasteiger partial charge in [-0.25, -0.2) is 0 Å². The topological polar surface area (TPSA) is 56.3 Å². The molecule has 0 bridgehead atoms. The lowest BCUT2D eigenvalue weighted by Crippen LogP contribution is -2.25. The lowest BCUT2D eigenvalue weighted by Gasteiger charge is -2.21. The molecule has 1 atom stereocenters. The van der Waals surface area contributed by atoms with Crippen molar-refractivity contribution >= 4 is 15.7 Å². The molecule has 0 amide bonds. The average Bonchev–Trinajstić information content (AvgIpc) is 2.40. The standard InChI is InChI=1S/C13H15NO3S/c1-2-17-18(15,16)13-8-4-3-7-12(13)11-6-5-9-14-10-11/h3-7,9-10,13H,2,8H2,1H3. The number of hydrogen-bond acceptors (Lipinski definition) is 4. The monoisotopic (exact) mass is 265 g/mol. The molecule has 0 spiro atoms. The van der Waals surface area contributed by atoms with Crippen LogP contribution in [0.15, 0.2) is 42.8 Å². The van der Waals surface area contributed by atoms with E-state index in [2.05, 4.69) is 4.98 Å². The van der Waals surface area contributed by atoms with Gasteiger partial charge in [-0.3, -0.25) is 9.17 Å². The molecule has 0 N–H and O–H groups in total. The fourth-order valence-electron chi connectivity index (χ4n) is 1.94. The summed E-state index contributed by atoms with van der Waals surface area (Å²) < 4.78 is 29.0. The smallest absolute Gasteiger partial charge is 0.270 e. The van der Waals surface area contributed by atoms with Crippen LogP contribution in [0.3, 0.4) is 0 Å². The summed E-state index contributed by atoms with van der Waals surface area (Å²) in [6.45, 7) is 1.83. The fraction of sp³-hybridized carbons (Fsp3) is 0.308. The van der Waals surface area contributed by atoms with E-state index in [4.69, 9.17) is 4.18 Å².